The summed E-state index contributed by atoms with van der Waals surface area (Å²) in [5.74, 6) is 0. The molecular weight excluding hydrogens is 192 g/mol. The van der Waals surface area contributed by atoms with Crippen LogP contribution in [-0.2, 0) is 12.8 Å². The van der Waals surface area contributed by atoms with Crippen LogP contribution in [0.5, 0.6) is 0 Å². The second-order valence-corrected chi connectivity index (χ2v) is 4.53. The van der Waals surface area contributed by atoms with E-state index < -0.39 is 0 Å². The Morgan fingerprint density at radius 3 is 2.31 bits per heavy atom. The van der Waals surface area contributed by atoms with E-state index in [0.29, 0.717) is 0 Å². The molecule has 0 heterocycles. The van der Waals surface area contributed by atoms with E-state index in [1.165, 1.54) is 55.2 Å². The van der Waals surface area contributed by atoms with Gasteiger partial charge in [0.25, 0.3) is 0 Å². The first kappa shape index (κ1) is 13.3. The third kappa shape index (κ3) is 4.00. The zero-order chi connectivity index (χ0) is 11.8. The molecule has 1 aromatic rings. The minimum atomic E-state index is 1.23. The normalized spacial score (nSPS) is 10.7. The quantitative estimate of drug-likeness (QED) is 0.606. The van der Waals surface area contributed by atoms with Crippen molar-refractivity contribution in [3.8, 4) is 0 Å². The average molecular weight is 217 g/mol. The maximum atomic E-state index is 2.42. The van der Waals surface area contributed by atoms with E-state index in [-0.39, 0.29) is 0 Å². The molecule has 0 saturated heterocycles. The van der Waals surface area contributed by atoms with Crippen molar-refractivity contribution in [3.63, 3.8) is 0 Å². The lowest BCUT2D eigenvalue weighted by Crippen LogP contribution is -1.95. The summed E-state index contributed by atoms with van der Waals surface area (Å²) in [6, 6.07) is 7.00. The predicted molar refractivity (Wildman–Crippen MR) is 72.7 cm³/mol. The number of rotatable bonds is 7. The van der Waals surface area contributed by atoms with E-state index in [2.05, 4.69) is 45.4 Å². The second-order valence-electron chi connectivity index (χ2n) is 4.53. The van der Waals surface area contributed by atoms with Crippen molar-refractivity contribution >= 4 is 0 Å². The van der Waals surface area contributed by atoms with E-state index in [1.807, 2.05) is 0 Å². The molecule has 0 bridgehead atoms. The molecule has 1 aromatic carbocycles. The van der Waals surface area contributed by atoms with E-state index in [4.69, 9.17) is 0 Å². The van der Waals surface area contributed by atoms with Gasteiger partial charge in [-0.2, -0.15) is 0 Å². The SMILES string of the molecule is C[CH]c1ccc(CCCC)cc1CCCC. The Kier molecular flexibility index (Phi) is 6.22. The van der Waals surface area contributed by atoms with Gasteiger partial charge in [-0.25, -0.2) is 0 Å². The highest BCUT2D eigenvalue weighted by atomic mass is 14.1. The third-order valence-electron chi connectivity index (χ3n) is 3.14. The fourth-order valence-electron chi connectivity index (χ4n) is 2.06. The highest BCUT2D eigenvalue weighted by Gasteiger charge is 2.02. The number of aryl methyl sites for hydroxylation is 2. The van der Waals surface area contributed by atoms with Gasteiger partial charge in [-0.15, -0.1) is 0 Å². The summed E-state index contributed by atoms with van der Waals surface area (Å²) in [7, 11) is 0. The van der Waals surface area contributed by atoms with Gasteiger partial charge in [-0.3, -0.25) is 0 Å². The maximum absolute atomic E-state index is 2.42. The molecule has 0 nitrogen and oxygen atoms in total. The molecule has 89 valence electrons. The fraction of sp³-hybridized carbons (Fsp3) is 0.562. The van der Waals surface area contributed by atoms with Crippen LogP contribution in [0.3, 0.4) is 0 Å². The molecule has 1 rings (SSSR count). The summed E-state index contributed by atoms with van der Waals surface area (Å²) in [4.78, 5) is 0. The molecule has 0 aliphatic rings. The lowest BCUT2D eigenvalue weighted by molar-refractivity contribution is 0.778. The molecule has 16 heavy (non-hydrogen) atoms. The third-order valence-corrected chi connectivity index (χ3v) is 3.14. The smallest absolute Gasteiger partial charge is 0.0121 e. The number of hydrogen-bond acceptors (Lipinski definition) is 0. The van der Waals surface area contributed by atoms with Crippen molar-refractivity contribution in [3.05, 3.63) is 41.3 Å². The van der Waals surface area contributed by atoms with Crippen molar-refractivity contribution < 1.29 is 0 Å². The first-order valence-electron chi connectivity index (χ1n) is 6.73. The molecule has 0 unspecified atom stereocenters. The predicted octanol–water partition coefficient (Wildman–Crippen LogP) is 4.94. The van der Waals surface area contributed by atoms with Crippen LogP contribution in [0.15, 0.2) is 18.2 Å². The molecule has 0 heteroatoms. The van der Waals surface area contributed by atoms with Crippen LogP contribution in [0, 0.1) is 6.42 Å². The standard InChI is InChI=1S/C16H25/c1-4-7-9-14-11-12-15(6-3)16(13-14)10-8-5-2/h6,11-13H,4-5,7-10H2,1-3H3. The van der Waals surface area contributed by atoms with E-state index in [0.717, 1.165) is 0 Å². The monoisotopic (exact) mass is 217 g/mol. The van der Waals surface area contributed by atoms with Crippen LogP contribution in [0.1, 0.15) is 63.1 Å². The summed E-state index contributed by atoms with van der Waals surface area (Å²) in [6.45, 7) is 6.65. The van der Waals surface area contributed by atoms with Crippen LogP contribution in [0.4, 0.5) is 0 Å². The minimum absolute atomic E-state index is 1.23. The van der Waals surface area contributed by atoms with E-state index in [1.54, 1.807) is 0 Å². The fourth-order valence-corrected chi connectivity index (χ4v) is 2.06. The summed E-state index contributed by atoms with van der Waals surface area (Å²) < 4.78 is 0. The van der Waals surface area contributed by atoms with E-state index >= 15 is 0 Å². The molecule has 0 N–H and O–H groups in total. The zero-order valence-electron chi connectivity index (χ0n) is 11.1. The van der Waals surface area contributed by atoms with Gasteiger partial charge in [0.2, 0.25) is 0 Å². The molecule has 0 amide bonds. The molecular formula is C16H25. The lowest BCUT2D eigenvalue weighted by Gasteiger charge is -2.10. The van der Waals surface area contributed by atoms with Crippen molar-refractivity contribution in [2.75, 3.05) is 0 Å². The Balaban J connectivity index is 2.74. The van der Waals surface area contributed by atoms with Gasteiger partial charge in [0.1, 0.15) is 0 Å². The van der Waals surface area contributed by atoms with Crippen LogP contribution >= 0.6 is 0 Å². The Morgan fingerprint density at radius 2 is 1.69 bits per heavy atom. The van der Waals surface area contributed by atoms with Gasteiger partial charge in [0.05, 0.1) is 0 Å². The summed E-state index contributed by atoms with van der Waals surface area (Å²) in [5.41, 5.74) is 4.48. The second kappa shape index (κ2) is 7.49. The first-order chi connectivity index (χ1) is 7.81. The van der Waals surface area contributed by atoms with Crippen LogP contribution in [0.25, 0.3) is 0 Å². The van der Waals surface area contributed by atoms with Gasteiger partial charge in [0.15, 0.2) is 0 Å². The molecule has 0 saturated carbocycles. The molecule has 0 aromatic heterocycles. The summed E-state index contributed by atoms with van der Waals surface area (Å²) in [6.07, 6.45) is 9.87. The average Bonchev–Trinajstić information content (AvgIpc) is 2.33. The van der Waals surface area contributed by atoms with Gasteiger partial charge >= 0.3 is 0 Å². The highest BCUT2D eigenvalue weighted by molar-refractivity contribution is 5.36. The molecule has 0 atom stereocenters. The van der Waals surface area contributed by atoms with Crippen molar-refractivity contribution in [1.29, 1.82) is 0 Å². The molecule has 0 fully saturated rings. The Morgan fingerprint density at radius 1 is 1.00 bits per heavy atom. The topological polar surface area (TPSA) is 0 Å². The Hall–Kier alpha value is -0.780. The van der Waals surface area contributed by atoms with Crippen LogP contribution < -0.4 is 0 Å². The van der Waals surface area contributed by atoms with Crippen molar-refractivity contribution in [1.82, 2.24) is 0 Å². The van der Waals surface area contributed by atoms with Gasteiger partial charge in [-0.05, 0) is 48.8 Å². The Labute approximate surface area is 101 Å². The highest BCUT2D eigenvalue weighted by Crippen LogP contribution is 2.18. The number of hydrogen-bond donors (Lipinski definition) is 0. The molecule has 0 aliphatic heterocycles. The van der Waals surface area contributed by atoms with Gasteiger partial charge in [-0.1, -0.05) is 51.8 Å². The molecule has 1 radical (unpaired) electrons. The molecule has 0 aliphatic carbocycles. The number of unbranched alkanes of at least 4 members (excludes halogenated alkanes) is 2. The minimum Gasteiger partial charge on any atom is -0.0654 e. The van der Waals surface area contributed by atoms with Gasteiger partial charge in [0, 0.05) is 0 Å². The number of benzene rings is 1. The van der Waals surface area contributed by atoms with Crippen molar-refractivity contribution in [2.24, 2.45) is 0 Å². The van der Waals surface area contributed by atoms with Crippen molar-refractivity contribution in [2.45, 2.75) is 59.3 Å². The largest absolute Gasteiger partial charge is 0.0654 e. The van der Waals surface area contributed by atoms with Gasteiger partial charge < -0.3 is 0 Å². The lowest BCUT2D eigenvalue weighted by atomic mass is 9.96. The zero-order valence-corrected chi connectivity index (χ0v) is 11.1. The molecule has 0 spiro atoms. The summed E-state index contributed by atoms with van der Waals surface area (Å²) in [5, 5.41) is 0. The first-order valence-corrected chi connectivity index (χ1v) is 6.73. The van der Waals surface area contributed by atoms with E-state index in [9.17, 15) is 0 Å². The Bertz CT molecular complexity index is 299. The van der Waals surface area contributed by atoms with Crippen LogP contribution in [0.2, 0.25) is 0 Å². The summed E-state index contributed by atoms with van der Waals surface area (Å²) >= 11 is 0. The maximum Gasteiger partial charge on any atom is -0.0121 e. The van der Waals surface area contributed by atoms with Crippen LogP contribution in [-0.4, -0.2) is 0 Å².